The molecule has 0 spiro atoms. The summed E-state index contributed by atoms with van der Waals surface area (Å²) < 4.78 is 6.84. The number of rotatable bonds is 5. The number of amides is 2. The molecule has 0 radical (unpaired) electrons. The van der Waals surface area contributed by atoms with Gasteiger partial charge in [-0.2, -0.15) is 5.10 Å². The Hall–Kier alpha value is -1.96. The predicted octanol–water partition coefficient (Wildman–Crippen LogP) is -0.0635. The van der Waals surface area contributed by atoms with Crippen LogP contribution in [0.5, 0.6) is 0 Å². The molecule has 1 aromatic rings. The molecular weight excluding hydrogens is 298 g/mol. The lowest BCUT2D eigenvalue weighted by Crippen LogP contribution is -2.44. The van der Waals surface area contributed by atoms with Crippen LogP contribution in [0.3, 0.4) is 0 Å². The highest BCUT2D eigenvalue weighted by Crippen LogP contribution is 2.25. The molecular formula is C15H23N5O3. The molecule has 126 valence electrons. The largest absolute Gasteiger partial charge is 0.383 e. The molecule has 0 aromatic carbocycles. The molecule has 1 aromatic heterocycles. The van der Waals surface area contributed by atoms with Crippen LogP contribution >= 0.6 is 0 Å². The Balaban J connectivity index is 1.58. The van der Waals surface area contributed by atoms with Crippen LogP contribution in [0.1, 0.15) is 25.3 Å². The van der Waals surface area contributed by atoms with Gasteiger partial charge in [0.25, 0.3) is 0 Å². The first kappa shape index (κ1) is 15.9. The van der Waals surface area contributed by atoms with Crippen LogP contribution in [0.25, 0.3) is 0 Å². The summed E-state index contributed by atoms with van der Waals surface area (Å²) in [7, 11) is 1.61. The van der Waals surface area contributed by atoms with E-state index in [1.165, 1.54) is 6.33 Å². The van der Waals surface area contributed by atoms with Gasteiger partial charge in [0.05, 0.1) is 18.6 Å². The fourth-order valence-corrected chi connectivity index (χ4v) is 3.39. The van der Waals surface area contributed by atoms with E-state index in [1.807, 2.05) is 9.58 Å². The molecule has 2 fully saturated rings. The van der Waals surface area contributed by atoms with Gasteiger partial charge in [0.1, 0.15) is 12.7 Å². The summed E-state index contributed by atoms with van der Waals surface area (Å²) in [5.41, 5.74) is 0. The van der Waals surface area contributed by atoms with Crippen molar-refractivity contribution in [3.8, 4) is 0 Å². The van der Waals surface area contributed by atoms with Gasteiger partial charge in [0.2, 0.25) is 11.8 Å². The van der Waals surface area contributed by atoms with Gasteiger partial charge in [-0.3, -0.25) is 9.59 Å². The van der Waals surface area contributed by atoms with Crippen LogP contribution in [-0.4, -0.2) is 76.3 Å². The number of piperidine rings is 1. The molecule has 2 aliphatic rings. The lowest BCUT2D eigenvalue weighted by molar-refractivity contribution is -0.137. The second kappa shape index (κ2) is 7.08. The van der Waals surface area contributed by atoms with E-state index in [-0.39, 0.29) is 23.8 Å². The van der Waals surface area contributed by atoms with Crippen molar-refractivity contribution >= 4 is 11.8 Å². The fourth-order valence-electron chi connectivity index (χ4n) is 3.39. The van der Waals surface area contributed by atoms with Crippen LogP contribution in [0, 0.1) is 5.92 Å². The first-order valence-corrected chi connectivity index (χ1v) is 8.08. The monoisotopic (exact) mass is 321 g/mol. The van der Waals surface area contributed by atoms with E-state index in [0.717, 1.165) is 19.4 Å². The highest BCUT2D eigenvalue weighted by Gasteiger charge is 2.37. The van der Waals surface area contributed by atoms with Crippen LogP contribution in [0.4, 0.5) is 0 Å². The quantitative estimate of drug-likeness (QED) is 0.759. The van der Waals surface area contributed by atoms with Crippen LogP contribution in [0.2, 0.25) is 0 Å². The van der Waals surface area contributed by atoms with E-state index in [4.69, 9.17) is 4.74 Å². The first-order chi connectivity index (χ1) is 11.2. The van der Waals surface area contributed by atoms with Gasteiger partial charge >= 0.3 is 0 Å². The van der Waals surface area contributed by atoms with Gasteiger partial charge < -0.3 is 14.5 Å². The third-order valence-electron chi connectivity index (χ3n) is 4.65. The molecule has 23 heavy (non-hydrogen) atoms. The van der Waals surface area contributed by atoms with Crippen molar-refractivity contribution in [3.05, 3.63) is 12.7 Å². The molecule has 0 aliphatic carbocycles. The molecule has 0 N–H and O–H groups in total. The number of carbonyl (C=O) groups is 2. The average molecular weight is 321 g/mol. The maximum Gasteiger partial charge on any atom is 0.228 e. The molecule has 2 amide bonds. The molecule has 0 saturated carbocycles. The number of aromatic nitrogens is 3. The minimum Gasteiger partial charge on any atom is -0.383 e. The molecule has 3 rings (SSSR count). The van der Waals surface area contributed by atoms with Gasteiger partial charge in [0, 0.05) is 39.7 Å². The topological polar surface area (TPSA) is 80.6 Å². The van der Waals surface area contributed by atoms with Crippen molar-refractivity contribution in [2.75, 3.05) is 39.9 Å². The zero-order valence-electron chi connectivity index (χ0n) is 13.4. The number of carbonyl (C=O) groups excluding carboxylic acids is 2. The summed E-state index contributed by atoms with van der Waals surface area (Å²) in [6.07, 6.45) is 5.47. The fraction of sp³-hybridized carbons (Fsp3) is 0.733. The predicted molar refractivity (Wildman–Crippen MR) is 81.4 cm³/mol. The van der Waals surface area contributed by atoms with Crippen LogP contribution in [-0.2, 0) is 14.3 Å². The summed E-state index contributed by atoms with van der Waals surface area (Å²) in [5, 5.41) is 4.18. The Morgan fingerprint density at radius 2 is 2.30 bits per heavy atom. The zero-order chi connectivity index (χ0) is 16.2. The summed E-state index contributed by atoms with van der Waals surface area (Å²) in [6, 6.07) is 0.178. The summed E-state index contributed by atoms with van der Waals surface area (Å²) >= 11 is 0. The average Bonchev–Trinajstić information content (AvgIpc) is 3.22. The maximum atomic E-state index is 12.8. The van der Waals surface area contributed by atoms with Crippen molar-refractivity contribution in [1.29, 1.82) is 0 Å². The molecule has 0 bridgehead atoms. The minimum absolute atomic E-state index is 0.0465. The van der Waals surface area contributed by atoms with Crippen molar-refractivity contribution in [1.82, 2.24) is 24.6 Å². The summed E-state index contributed by atoms with van der Waals surface area (Å²) in [5.74, 6) is -0.0952. The normalized spacial score (nSPS) is 25.2. The first-order valence-electron chi connectivity index (χ1n) is 8.08. The van der Waals surface area contributed by atoms with Crippen LogP contribution in [0.15, 0.2) is 12.7 Å². The van der Waals surface area contributed by atoms with Crippen molar-refractivity contribution in [2.45, 2.75) is 25.3 Å². The Labute approximate surface area is 135 Å². The second-order valence-corrected chi connectivity index (χ2v) is 6.19. The molecule has 3 heterocycles. The second-order valence-electron chi connectivity index (χ2n) is 6.19. The van der Waals surface area contributed by atoms with Gasteiger partial charge in [-0.1, -0.05) is 0 Å². The number of hydrogen-bond acceptors (Lipinski definition) is 5. The minimum atomic E-state index is -0.228. The molecule has 2 atom stereocenters. The molecule has 0 unspecified atom stereocenters. The van der Waals surface area contributed by atoms with Crippen molar-refractivity contribution in [2.24, 2.45) is 5.92 Å². The van der Waals surface area contributed by atoms with E-state index in [1.54, 1.807) is 18.3 Å². The van der Waals surface area contributed by atoms with Gasteiger partial charge in [-0.15, -0.1) is 0 Å². The Morgan fingerprint density at radius 3 is 3.04 bits per heavy atom. The number of ether oxygens (including phenoxy) is 1. The Morgan fingerprint density at radius 1 is 1.43 bits per heavy atom. The van der Waals surface area contributed by atoms with Gasteiger partial charge in [0.15, 0.2) is 0 Å². The van der Waals surface area contributed by atoms with E-state index in [0.29, 0.717) is 32.7 Å². The number of likely N-dealkylation sites (tertiary alicyclic amines) is 2. The van der Waals surface area contributed by atoms with E-state index >= 15 is 0 Å². The lowest BCUT2D eigenvalue weighted by atomic mass is 10.0. The number of hydrogen-bond donors (Lipinski definition) is 0. The van der Waals surface area contributed by atoms with E-state index < -0.39 is 0 Å². The standard InChI is InChI=1S/C15H23N5O3/c1-23-6-5-18-8-12(7-14(18)21)15(22)19-4-2-3-13(9-19)20-11-16-10-17-20/h10-13H,2-9H2,1H3/t12-,13-/m0/s1. The van der Waals surface area contributed by atoms with E-state index in [9.17, 15) is 9.59 Å². The van der Waals surface area contributed by atoms with Crippen LogP contribution < -0.4 is 0 Å². The maximum absolute atomic E-state index is 12.8. The van der Waals surface area contributed by atoms with E-state index in [2.05, 4.69) is 10.1 Å². The van der Waals surface area contributed by atoms with Crippen molar-refractivity contribution < 1.29 is 14.3 Å². The summed E-state index contributed by atoms with van der Waals surface area (Å²) in [6.45, 7) is 2.97. The Bertz CT molecular complexity index is 547. The Kier molecular flexibility index (Phi) is 4.90. The highest BCUT2D eigenvalue weighted by atomic mass is 16.5. The number of methoxy groups -OCH3 is 1. The molecule has 2 aliphatic heterocycles. The van der Waals surface area contributed by atoms with Gasteiger partial charge in [-0.25, -0.2) is 9.67 Å². The molecule has 8 heteroatoms. The molecule has 2 saturated heterocycles. The SMILES string of the molecule is COCCN1C[C@@H](C(=O)N2CCC[C@H](n3cncn3)C2)CC1=O. The third kappa shape index (κ3) is 3.52. The smallest absolute Gasteiger partial charge is 0.228 e. The summed E-state index contributed by atoms with van der Waals surface area (Å²) in [4.78, 5) is 32.3. The third-order valence-corrected chi connectivity index (χ3v) is 4.65. The zero-order valence-corrected chi connectivity index (χ0v) is 13.4. The van der Waals surface area contributed by atoms with Gasteiger partial charge in [-0.05, 0) is 12.8 Å². The number of nitrogens with zero attached hydrogens (tertiary/aromatic N) is 5. The lowest BCUT2D eigenvalue weighted by Gasteiger charge is -2.34. The highest BCUT2D eigenvalue weighted by molar-refractivity contribution is 5.89. The van der Waals surface area contributed by atoms with Crippen molar-refractivity contribution in [3.63, 3.8) is 0 Å². The molecule has 8 nitrogen and oxygen atoms in total.